The van der Waals surface area contributed by atoms with Crippen molar-refractivity contribution in [1.82, 2.24) is 5.01 Å². The molecule has 0 spiro atoms. The van der Waals surface area contributed by atoms with Gasteiger partial charge in [0.15, 0.2) is 0 Å². The number of hydrazone groups is 1. The summed E-state index contributed by atoms with van der Waals surface area (Å²) in [6.07, 6.45) is 4.15. The number of hydrogen-bond acceptors (Lipinski definition) is 2. The lowest BCUT2D eigenvalue weighted by Gasteiger charge is -2.21. The standard InChI is InChI=1S/C25H22N2O/c1-19-9-8-14-22(17-19)24-18-23(21-12-6-3-7-13-21)26-27(24)25(28)16-15-20-10-4-2-5-11-20/h2-17,24H,18H2,1H3/b16-15+. The number of nitrogens with zero attached hydrogens (tertiary/aromatic N) is 2. The summed E-state index contributed by atoms with van der Waals surface area (Å²) < 4.78 is 0. The van der Waals surface area contributed by atoms with Gasteiger partial charge in [0.25, 0.3) is 5.91 Å². The van der Waals surface area contributed by atoms with Crippen LogP contribution in [0.2, 0.25) is 0 Å². The third kappa shape index (κ3) is 3.94. The normalized spacial score (nSPS) is 16.4. The van der Waals surface area contributed by atoms with Gasteiger partial charge in [-0.05, 0) is 29.7 Å². The van der Waals surface area contributed by atoms with Crippen molar-refractivity contribution in [2.75, 3.05) is 0 Å². The summed E-state index contributed by atoms with van der Waals surface area (Å²) in [5, 5.41) is 6.33. The highest BCUT2D eigenvalue weighted by Gasteiger charge is 2.32. The summed E-state index contributed by atoms with van der Waals surface area (Å²) in [5.41, 5.74) is 5.28. The van der Waals surface area contributed by atoms with Crippen LogP contribution in [0.3, 0.4) is 0 Å². The number of amides is 1. The zero-order valence-corrected chi connectivity index (χ0v) is 15.8. The fourth-order valence-electron chi connectivity index (χ4n) is 3.46. The van der Waals surface area contributed by atoms with Gasteiger partial charge in [0, 0.05) is 12.5 Å². The van der Waals surface area contributed by atoms with Crippen molar-refractivity contribution >= 4 is 17.7 Å². The van der Waals surface area contributed by atoms with Gasteiger partial charge in [-0.1, -0.05) is 90.5 Å². The first-order chi connectivity index (χ1) is 13.7. The quantitative estimate of drug-likeness (QED) is 0.570. The zero-order chi connectivity index (χ0) is 19.3. The summed E-state index contributed by atoms with van der Waals surface area (Å²) in [4.78, 5) is 13.0. The van der Waals surface area contributed by atoms with Crippen molar-refractivity contribution in [3.05, 3.63) is 113 Å². The maximum atomic E-state index is 13.0. The third-order valence-corrected chi connectivity index (χ3v) is 4.89. The molecule has 0 N–H and O–H groups in total. The molecule has 0 saturated carbocycles. The van der Waals surface area contributed by atoms with E-state index in [1.165, 1.54) is 5.56 Å². The molecule has 4 rings (SSSR count). The van der Waals surface area contributed by atoms with E-state index in [1.54, 1.807) is 11.1 Å². The molecule has 0 aromatic heterocycles. The largest absolute Gasteiger partial charge is 0.268 e. The topological polar surface area (TPSA) is 32.7 Å². The lowest BCUT2D eigenvalue weighted by molar-refractivity contribution is -0.127. The average molecular weight is 366 g/mol. The van der Waals surface area contributed by atoms with E-state index in [2.05, 4.69) is 25.1 Å². The maximum absolute atomic E-state index is 13.0. The molecule has 1 unspecified atom stereocenters. The first-order valence-electron chi connectivity index (χ1n) is 9.46. The van der Waals surface area contributed by atoms with E-state index in [-0.39, 0.29) is 11.9 Å². The van der Waals surface area contributed by atoms with Gasteiger partial charge in [0.1, 0.15) is 0 Å². The van der Waals surface area contributed by atoms with E-state index in [9.17, 15) is 4.79 Å². The van der Waals surface area contributed by atoms with Gasteiger partial charge in [0.2, 0.25) is 0 Å². The minimum atomic E-state index is -0.110. The van der Waals surface area contributed by atoms with E-state index in [1.807, 2.05) is 72.8 Å². The Bertz CT molecular complexity index is 1020. The van der Waals surface area contributed by atoms with Gasteiger partial charge < -0.3 is 0 Å². The van der Waals surface area contributed by atoms with Crippen LogP contribution in [0, 0.1) is 6.92 Å². The van der Waals surface area contributed by atoms with Crippen molar-refractivity contribution < 1.29 is 4.79 Å². The van der Waals surface area contributed by atoms with Crippen LogP contribution in [0.25, 0.3) is 6.08 Å². The minimum Gasteiger partial charge on any atom is -0.268 e. The van der Waals surface area contributed by atoms with Gasteiger partial charge in [-0.3, -0.25) is 4.79 Å². The Hall–Kier alpha value is -3.46. The Labute approximate surface area is 165 Å². The Morgan fingerprint density at radius 3 is 2.39 bits per heavy atom. The fraction of sp³-hybridized carbons (Fsp3) is 0.120. The Balaban J connectivity index is 1.65. The van der Waals surface area contributed by atoms with Crippen LogP contribution in [0.5, 0.6) is 0 Å². The third-order valence-electron chi connectivity index (χ3n) is 4.89. The second-order valence-corrected chi connectivity index (χ2v) is 6.97. The van der Waals surface area contributed by atoms with Crippen LogP contribution in [-0.2, 0) is 4.79 Å². The summed E-state index contributed by atoms with van der Waals surface area (Å²) in [7, 11) is 0. The number of hydrogen-bond donors (Lipinski definition) is 0. The molecule has 0 saturated heterocycles. The van der Waals surface area contributed by atoms with Crippen LogP contribution in [0.4, 0.5) is 0 Å². The summed E-state index contributed by atoms with van der Waals surface area (Å²) in [6, 6.07) is 28.1. The molecule has 138 valence electrons. The molecule has 1 atom stereocenters. The molecule has 1 heterocycles. The van der Waals surface area contributed by atoms with Crippen LogP contribution in [-0.4, -0.2) is 16.6 Å². The highest BCUT2D eigenvalue weighted by atomic mass is 16.2. The van der Waals surface area contributed by atoms with Crippen LogP contribution < -0.4 is 0 Å². The molecule has 3 aromatic rings. The van der Waals surface area contributed by atoms with Gasteiger partial charge in [-0.2, -0.15) is 5.10 Å². The van der Waals surface area contributed by atoms with Crippen LogP contribution >= 0.6 is 0 Å². The monoisotopic (exact) mass is 366 g/mol. The second kappa shape index (κ2) is 8.05. The van der Waals surface area contributed by atoms with E-state index >= 15 is 0 Å². The Kier molecular flexibility index (Phi) is 5.16. The van der Waals surface area contributed by atoms with Gasteiger partial charge in [-0.25, -0.2) is 5.01 Å². The molecular weight excluding hydrogens is 344 g/mol. The Morgan fingerprint density at radius 1 is 0.964 bits per heavy atom. The highest BCUT2D eigenvalue weighted by molar-refractivity contribution is 6.04. The van der Waals surface area contributed by atoms with Crippen molar-refractivity contribution in [3.8, 4) is 0 Å². The minimum absolute atomic E-state index is 0.0944. The molecule has 1 amide bonds. The highest BCUT2D eigenvalue weighted by Crippen LogP contribution is 2.33. The number of carbonyl (C=O) groups is 1. The van der Waals surface area contributed by atoms with E-state index in [4.69, 9.17) is 5.10 Å². The van der Waals surface area contributed by atoms with Crippen molar-refractivity contribution in [3.63, 3.8) is 0 Å². The molecule has 1 aliphatic rings. The molecule has 3 heteroatoms. The molecule has 0 fully saturated rings. The van der Waals surface area contributed by atoms with Crippen LogP contribution in [0.15, 0.2) is 96.1 Å². The van der Waals surface area contributed by atoms with E-state index in [0.29, 0.717) is 6.42 Å². The number of rotatable bonds is 4. The lowest BCUT2D eigenvalue weighted by Crippen LogP contribution is -2.25. The second-order valence-electron chi connectivity index (χ2n) is 6.97. The molecule has 0 radical (unpaired) electrons. The molecule has 0 aliphatic carbocycles. The SMILES string of the molecule is Cc1cccc(C2CC(c3ccccc3)=NN2C(=O)/C=C/c2ccccc2)c1. The molecule has 3 aromatic carbocycles. The van der Waals surface area contributed by atoms with Gasteiger partial charge >= 0.3 is 0 Å². The molecular formula is C25H22N2O. The first-order valence-corrected chi connectivity index (χ1v) is 9.46. The van der Waals surface area contributed by atoms with Gasteiger partial charge in [0.05, 0.1) is 11.8 Å². The molecule has 0 bridgehead atoms. The molecule has 3 nitrogen and oxygen atoms in total. The predicted molar refractivity (Wildman–Crippen MR) is 114 cm³/mol. The summed E-state index contributed by atoms with van der Waals surface area (Å²) in [6.45, 7) is 2.07. The van der Waals surface area contributed by atoms with Crippen molar-refractivity contribution in [2.24, 2.45) is 5.10 Å². The fourth-order valence-corrected chi connectivity index (χ4v) is 3.46. The first kappa shape index (κ1) is 17.9. The molecule has 28 heavy (non-hydrogen) atoms. The van der Waals surface area contributed by atoms with Crippen molar-refractivity contribution in [1.29, 1.82) is 0 Å². The van der Waals surface area contributed by atoms with Gasteiger partial charge in [-0.15, -0.1) is 0 Å². The van der Waals surface area contributed by atoms with E-state index in [0.717, 1.165) is 22.4 Å². The zero-order valence-electron chi connectivity index (χ0n) is 15.8. The number of aryl methyl sites for hydroxylation is 1. The number of benzene rings is 3. The summed E-state index contributed by atoms with van der Waals surface area (Å²) in [5.74, 6) is -0.110. The predicted octanol–water partition coefficient (Wildman–Crippen LogP) is 5.39. The maximum Gasteiger partial charge on any atom is 0.267 e. The average Bonchev–Trinajstić information content (AvgIpc) is 3.19. The smallest absolute Gasteiger partial charge is 0.267 e. The molecule has 1 aliphatic heterocycles. The lowest BCUT2D eigenvalue weighted by atomic mass is 9.97. The Morgan fingerprint density at radius 2 is 1.68 bits per heavy atom. The van der Waals surface area contributed by atoms with Crippen molar-refractivity contribution in [2.45, 2.75) is 19.4 Å². The summed E-state index contributed by atoms with van der Waals surface area (Å²) >= 11 is 0. The number of carbonyl (C=O) groups excluding carboxylic acids is 1. The van der Waals surface area contributed by atoms with Crippen LogP contribution in [0.1, 0.15) is 34.7 Å². The van der Waals surface area contributed by atoms with E-state index < -0.39 is 0 Å².